The number of hydrogen-bond acceptors (Lipinski definition) is 2. The van der Waals surface area contributed by atoms with Gasteiger partial charge in [-0.25, -0.2) is 0 Å². The molecule has 4 aromatic rings. The molecule has 0 atom stereocenters. The standard InChI is InChI=1S/C31H35N2/c1-30(2,3)19-32-21-33(20-31(4,5)6)27-18-16-23-12-8-10-14-25(23)29(27)28-24-13-9-7-11-22(24)15-17-26(28)32/h7-18,21H,19-20H2,1-6H3. The van der Waals surface area contributed by atoms with Crippen LogP contribution in [-0.4, -0.2) is 13.1 Å². The summed E-state index contributed by atoms with van der Waals surface area (Å²) in [6, 6.07) is 26.9. The van der Waals surface area contributed by atoms with Crippen molar-refractivity contribution < 1.29 is 0 Å². The van der Waals surface area contributed by atoms with Gasteiger partial charge in [0.2, 0.25) is 0 Å². The maximum atomic E-state index is 2.49. The van der Waals surface area contributed by atoms with Crippen molar-refractivity contribution in [3.8, 4) is 11.1 Å². The van der Waals surface area contributed by atoms with Crippen LogP contribution < -0.4 is 9.80 Å². The van der Waals surface area contributed by atoms with Gasteiger partial charge in [0.05, 0.1) is 0 Å². The van der Waals surface area contributed by atoms with Gasteiger partial charge < -0.3 is 9.80 Å². The quantitative estimate of drug-likeness (QED) is 0.311. The summed E-state index contributed by atoms with van der Waals surface area (Å²) in [7, 11) is 0. The van der Waals surface area contributed by atoms with Crippen LogP contribution in [0.2, 0.25) is 0 Å². The first-order chi connectivity index (χ1) is 15.6. The Hall–Kier alpha value is -3.00. The monoisotopic (exact) mass is 435 g/mol. The minimum Gasteiger partial charge on any atom is -0.347 e. The lowest BCUT2D eigenvalue weighted by atomic mass is 9.89. The first kappa shape index (κ1) is 21.8. The number of anilines is 2. The van der Waals surface area contributed by atoms with Crippen LogP contribution in [0.15, 0.2) is 72.8 Å². The second-order valence-electron chi connectivity index (χ2n) is 11.9. The lowest BCUT2D eigenvalue weighted by Gasteiger charge is -2.37. The highest BCUT2D eigenvalue weighted by molar-refractivity contribution is 6.14. The lowest BCUT2D eigenvalue weighted by molar-refractivity contribution is 0.401. The molecule has 5 rings (SSSR count). The molecule has 0 amide bonds. The van der Waals surface area contributed by atoms with Gasteiger partial charge >= 0.3 is 0 Å². The van der Waals surface area contributed by atoms with Crippen LogP contribution in [-0.2, 0) is 0 Å². The van der Waals surface area contributed by atoms with Gasteiger partial charge in [0.25, 0.3) is 0 Å². The zero-order valence-corrected chi connectivity index (χ0v) is 20.8. The maximum Gasteiger partial charge on any atom is 0.142 e. The third kappa shape index (κ3) is 4.19. The van der Waals surface area contributed by atoms with Crippen LogP contribution in [0.4, 0.5) is 11.4 Å². The Balaban J connectivity index is 1.89. The van der Waals surface area contributed by atoms with E-state index in [0.29, 0.717) is 0 Å². The Labute approximate surface area is 198 Å². The second kappa shape index (κ2) is 7.80. The van der Waals surface area contributed by atoms with Gasteiger partial charge in [-0.2, -0.15) is 0 Å². The smallest absolute Gasteiger partial charge is 0.142 e. The minimum absolute atomic E-state index is 0.158. The topological polar surface area (TPSA) is 6.48 Å². The van der Waals surface area contributed by atoms with Crippen LogP contribution in [0.25, 0.3) is 32.7 Å². The van der Waals surface area contributed by atoms with Crippen LogP contribution in [0.5, 0.6) is 0 Å². The molecule has 0 saturated carbocycles. The molecule has 0 unspecified atom stereocenters. The Bertz CT molecular complexity index is 1220. The Morgan fingerprint density at radius 1 is 0.515 bits per heavy atom. The molecule has 1 radical (unpaired) electrons. The molecule has 0 aliphatic carbocycles. The SMILES string of the molecule is CC(C)(C)CN1[CH]N(CC(C)(C)C)c2ccc3ccccc3c2-c2c1ccc1ccccc21. The summed E-state index contributed by atoms with van der Waals surface area (Å²) < 4.78 is 0. The molecule has 2 nitrogen and oxygen atoms in total. The van der Waals surface area contributed by atoms with Crippen molar-refractivity contribution in [2.75, 3.05) is 22.9 Å². The zero-order valence-electron chi connectivity index (χ0n) is 20.8. The van der Waals surface area contributed by atoms with E-state index in [1.807, 2.05) is 0 Å². The fraction of sp³-hybridized carbons (Fsp3) is 0.323. The highest BCUT2D eigenvalue weighted by atomic mass is 15.3. The second-order valence-corrected chi connectivity index (χ2v) is 11.9. The summed E-state index contributed by atoms with van der Waals surface area (Å²) in [6.45, 7) is 18.2. The van der Waals surface area contributed by atoms with E-state index in [1.165, 1.54) is 44.0 Å². The number of hydrogen-bond donors (Lipinski definition) is 0. The van der Waals surface area contributed by atoms with E-state index in [2.05, 4.69) is 131 Å². The van der Waals surface area contributed by atoms with Crippen molar-refractivity contribution in [3.63, 3.8) is 0 Å². The fourth-order valence-electron chi connectivity index (χ4n) is 5.09. The molecule has 0 spiro atoms. The van der Waals surface area contributed by atoms with E-state index in [4.69, 9.17) is 0 Å². The van der Waals surface area contributed by atoms with E-state index >= 15 is 0 Å². The summed E-state index contributed by atoms with van der Waals surface area (Å²) in [5.74, 6) is 0. The molecule has 4 aromatic carbocycles. The average Bonchev–Trinajstić information content (AvgIpc) is 2.86. The first-order valence-electron chi connectivity index (χ1n) is 12.0. The highest BCUT2D eigenvalue weighted by Gasteiger charge is 2.31. The molecular formula is C31H35N2. The molecule has 169 valence electrons. The van der Waals surface area contributed by atoms with Crippen LogP contribution in [0.1, 0.15) is 41.5 Å². The minimum atomic E-state index is 0.158. The van der Waals surface area contributed by atoms with Gasteiger partial charge in [-0.05, 0) is 44.5 Å². The normalized spacial score (nSPS) is 14.4. The van der Waals surface area contributed by atoms with Crippen molar-refractivity contribution >= 4 is 32.9 Å². The van der Waals surface area contributed by atoms with Gasteiger partial charge in [0.1, 0.15) is 6.67 Å². The van der Waals surface area contributed by atoms with Gasteiger partial charge in [-0.15, -0.1) is 0 Å². The largest absolute Gasteiger partial charge is 0.347 e. The summed E-state index contributed by atoms with van der Waals surface area (Å²) in [5, 5.41) is 5.21. The first-order valence-corrected chi connectivity index (χ1v) is 12.0. The van der Waals surface area contributed by atoms with Crippen molar-refractivity contribution in [2.45, 2.75) is 41.5 Å². The van der Waals surface area contributed by atoms with Crippen molar-refractivity contribution in [2.24, 2.45) is 10.8 Å². The van der Waals surface area contributed by atoms with Crippen molar-refractivity contribution in [3.05, 3.63) is 79.5 Å². The van der Waals surface area contributed by atoms with Gasteiger partial charge in [0.15, 0.2) is 0 Å². The molecule has 0 saturated heterocycles. The lowest BCUT2D eigenvalue weighted by Crippen LogP contribution is -2.40. The van der Waals surface area contributed by atoms with Gasteiger partial charge in [-0.3, -0.25) is 0 Å². The molecule has 0 N–H and O–H groups in total. The zero-order chi connectivity index (χ0) is 23.4. The number of nitrogens with zero attached hydrogens (tertiary/aromatic N) is 2. The van der Waals surface area contributed by atoms with Crippen LogP contribution in [0.3, 0.4) is 0 Å². The number of fused-ring (bicyclic) bond motifs is 7. The van der Waals surface area contributed by atoms with Crippen molar-refractivity contribution in [1.29, 1.82) is 0 Å². The molecule has 1 aliphatic heterocycles. The Kier molecular flexibility index (Phi) is 5.16. The van der Waals surface area contributed by atoms with E-state index < -0.39 is 0 Å². The fourth-order valence-corrected chi connectivity index (χ4v) is 5.09. The predicted molar refractivity (Wildman–Crippen MR) is 145 cm³/mol. The summed E-state index contributed by atoms with van der Waals surface area (Å²) in [6.07, 6.45) is 0. The molecule has 0 fully saturated rings. The van der Waals surface area contributed by atoms with E-state index in [9.17, 15) is 0 Å². The van der Waals surface area contributed by atoms with Gasteiger partial charge in [0, 0.05) is 35.6 Å². The van der Waals surface area contributed by atoms with E-state index in [-0.39, 0.29) is 10.8 Å². The molecule has 2 heteroatoms. The molecule has 1 heterocycles. The third-order valence-electron chi connectivity index (χ3n) is 6.25. The Morgan fingerprint density at radius 2 is 0.909 bits per heavy atom. The summed E-state index contributed by atoms with van der Waals surface area (Å²) >= 11 is 0. The van der Waals surface area contributed by atoms with Gasteiger partial charge in [-0.1, -0.05) is 102 Å². The van der Waals surface area contributed by atoms with Crippen LogP contribution in [0, 0.1) is 17.5 Å². The van der Waals surface area contributed by atoms with Crippen molar-refractivity contribution in [1.82, 2.24) is 0 Å². The summed E-state index contributed by atoms with van der Waals surface area (Å²) in [5.41, 5.74) is 5.58. The van der Waals surface area contributed by atoms with E-state index in [1.54, 1.807) is 0 Å². The highest BCUT2D eigenvalue weighted by Crippen LogP contribution is 2.49. The number of benzene rings is 4. The maximum absolute atomic E-state index is 2.49. The van der Waals surface area contributed by atoms with E-state index in [0.717, 1.165) is 13.1 Å². The molecule has 33 heavy (non-hydrogen) atoms. The van der Waals surface area contributed by atoms with Crippen LogP contribution >= 0.6 is 0 Å². The molecule has 0 aromatic heterocycles. The molecular weight excluding hydrogens is 400 g/mol. The summed E-state index contributed by atoms with van der Waals surface area (Å²) in [4.78, 5) is 4.98. The molecule has 0 bridgehead atoms. The molecule has 1 aliphatic rings. The number of rotatable bonds is 2. The predicted octanol–water partition coefficient (Wildman–Crippen LogP) is 8.50. The third-order valence-corrected chi connectivity index (χ3v) is 6.25. The Morgan fingerprint density at radius 3 is 1.30 bits per heavy atom. The average molecular weight is 436 g/mol.